The number of halogens is 3. The van der Waals surface area contributed by atoms with Crippen molar-refractivity contribution >= 4 is 52.4 Å². The van der Waals surface area contributed by atoms with Crippen LogP contribution in [-0.2, 0) is 19.1 Å². The number of nitrogens with one attached hydrogen (secondary N) is 1. The third-order valence-electron chi connectivity index (χ3n) is 8.02. The number of amides is 2. The highest BCUT2D eigenvalue weighted by atomic mass is 35.5. The number of carbonyl (C=O) groups excluding carboxylic acids is 3. The molecule has 0 radical (unpaired) electrons. The number of nitrogens with zero attached hydrogens (tertiary/aromatic N) is 2. The standard InChI is InChI=1S/C33H31ClF2N4O4/c1-18-4-3-5-28(40-13-11-21(16-29(40)41)31-24(35)8-7-23(34)32(31)36)27-15-19(10-12-38-27)22-14-20(6-9-30(42)44-2)25(37)17-26(22)39-33(18)43/h6-10,12,14-18,28H,3-5,11,13,37H2,1-2H3,(H,39,43)/b9-6+/t18-,28+/m1/s1. The van der Waals surface area contributed by atoms with Crippen LogP contribution in [0, 0.1) is 17.6 Å². The molecular weight excluding hydrogens is 590 g/mol. The molecule has 3 aromatic rings. The van der Waals surface area contributed by atoms with Crippen LogP contribution in [0.2, 0.25) is 5.02 Å². The molecule has 0 unspecified atom stereocenters. The average molecular weight is 621 g/mol. The highest BCUT2D eigenvalue weighted by Gasteiger charge is 2.31. The Bertz CT molecular complexity index is 1710. The van der Waals surface area contributed by atoms with Crippen molar-refractivity contribution in [2.45, 2.75) is 38.6 Å². The molecule has 0 saturated heterocycles. The van der Waals surface area contributed by atoms with Gasteiger partial charge in [0.15, 0.2) is 5.82 Å². The summed E-state index contributed by atoms with van der Waals surface area (Å²) in [6.07, 6.45) is 7.59. The highest BCUT2D eigenvalue weighted by Crippen LogP contribution is 2.38. The zero-order valence-corrected chi connectivity index (χ0v) is 25.0. The maximum atomic E-state index is 14.8. The van der Waals surface area contributed by atoms with Gasteiger partial charge in [-0.1, -0.05) is 24.9 Å². The number of anilines is 2. The molecule has 3 N–H and O–H groups in total. The van der Waals surface area contributed by atoms with Crippen LogP contribution in [0.15, 0.2) is 54.7 Å². The van der Waals surface area contributed by atoms with Gasteiger partial charge in [-0.15, -0.1) is 0 Å². The SMILES string of the molecule is COC(=O)/C=C/c1cc2c(cc1N)NC(=O)[C@H](C)CCC[C@H](N1CCC(c3c(F)ccc(Cl)c3F)=CC1=O)c1cc-2ccn1. The summed E-state index contributed by atoms with van der Waals surface area (Å²) in [6, 6.07) is 8.82. The molecule has 0 spiro atoms. The summed E-state index contributed by atoms with van der Waals surface area (Å²) in [5, 5.41) is 2.78. The molecule has 3 heterocycles. The second-order valence-corrected chi connectivity index (χ2v) is 11.3. The van der Waals surface area contributed by atoms with E-state index in [1.54, 1.807) is 29.3 Å². The van der Waals surface area contributed by atoms with Crippen LogP contribution in [-0.4, -0.2) is 41.3 Å². The first-order chi connectivity index (χ1) is 21.1. The maximum Gasteiger partial charge on any atom is 0.330 e. The molecule has 0 fully saturated rings. The Morgan fingerprint density at radius 2 is 1.98 bits per heavy atom. The van der Waals surface area contributed by atoms with Crippen molar-refractivity contribution in [2.75, 3.05) is 24.7 Å². The molecule has 2 aromatic carbocycles. The van der Waals surface area contributed by atoms with E-state index in [-0.39, 0.29) is 40.9 Å². The lowest BCUT2D eigenvalue weighted by molar-refractivity contribution is -0.134. The number of esters is 1. The van der Waals surface area contributed by atoms with E-state index in [1.807, 2.05) is 13.0 Å². The molecule has 2 bridgehead atoms. The van der Waals surface area contributed by atoms with Crippen molar-refractivity contribution in [3.63, 3.8) is 0 Å². The number of pyridine rings is 1. The van der Waals surface area contributed by atoms with E-state index in [9.17, 15) is 23.2 Å². The lowest BCUT2D eigenvalue weighted by atomic mass is 9.92. The Morgan fingerprint density at radius 1 is 1.18 bits per heavy atom. The fourth-order valence-electron chi connectivity index (χ4n) is 5.59. The van der Waals surface area contributed by atoms with E-state index in [2.05, 4.69) is 10.3 Å². The minimum absolute atomic E-state index is 0.179. The van der Waals surface area contributed by atoms with Gasteiger partial charge >= 0.3 is 5.97 Å². The van der Waals surface area contributed by atoms with E-state index in [0.717, 1.165) is 12.1 Å². The summed E-state index contributed by atoms with van der Waals surface area (Å²) < 4.78 is 34.0. The van der Waals surface area contributed by atoms with Crippen LogP contribution in [0.5, 0.6) is 0 Å². The predicted octanol–water partition coefficient (Wildman–Crippen LogP) is 6.56. The third-order valence-corrected chi connectivity index (χ3v) is 8.31. The number of hydrogen-bond donors (Lipinski definition) is 2. The normalized spacial score (nSPS) is 19.0. The molecule has 1 aromatic heterocycles. The third kappa shape index (κ3) is 6.35. The molecule has 2 atom stereocenters. The van der Waals surface area contributed by atoms with Crippen molar-refractivity contribution in [1.29, 1.82) is 0 Å². The monoisotopic (exact) mass is 620 g/mol. The summed E-state index contributed by atoms with van der Waals surface area (Å²) in [4.78, 5) is 44.7. The molecule has 2 aliphatic heterocycles. The summed E-state index contributed by atoms with van der Waals surface area (Å²) in [6.45, 7) is 2.04. The first-order valence-electron chi connectivity index (χ1n) is 14.2. The molecule has 11 heteroatoms. The van der Waals surface area contributed by atoms with Gasteiger partial charge in [0, 0.05) is 42.1 Å². The minimum Gasteiger partial charge on any atom is -0.466 e. The molecule has 2 amide bonds. The number of aromatic nitrogens is 1. The van der Waals surface area contributed by atoms with Crippen LogP contribution >= 0.6 is 11.6 Å². The van der Waals surface area contributed by atoms with Crippen molar-refractivity contribution < 1.29 is 27.9 Å². The Labute approximate surface area is 258 Å². The average Bonchev–Trinajstić information content (AvgIpc) is 3.00. The molecule has 0 saturated carbocycles. The topological polar surface area (TPSA) is 115 Å². The van der Waals surface area contributed by atoms with Gasteiger partial charge in [0.25, 0.3) is 0 Å². The maximum absolute atomic E-state index is 14.8. The number of nitrogens with two attached hydrogens (primary N) is 1. The summed E-state index contributed by atoms with van der Waals surface area (Å²) in [5.41, 5.74) is 9.61. The van der Waals surface area contributed by atoms with Crippen LogP contribution in [0.4, 0.5) is 20.2 Å². The summed E-state index contributed by atoms with van der Waals surface area (Å²) >= 11 is 5.90. The van der Waals surface area contributed by atoms with Crippen molar-refractivity contribution in [1.82, 2.24) is 9.88 Å². The number of ether oxygens (including phenoxy) is 1. The van der Waals surface area contributed by atoms with Crippen LogP contribution < -0.4 is 11.1 Å². The number of rotatable bonds is 4. The first-order valence-corrected chi connectivity index (χ1v) is 14.6. The molecule has 8 nitrogen and oxygen atoms in total. The van der Waals surface area contributed by atoms with E-state index >= 15 is 0 Å². The Hall–Kier alpha value is -4.57. The van der Waals surface area contributed by atoms with Crippen molar-refractivity contribution in [2.24, 2.45) is 5.92 Å². The van der Waals surface area contributed by atoms with E-state index in [1.165, 1.54) is 25.3 Å². The van der Waals surface area contributed by atoms with Gasteiger partial charge in [-0.3, -0.25) is 14.6 Å². The fraction of sp³-hybridized carbons (Fsp3) is 0.273. The van der Waals surface area contributed by atoms with Gasteiger partial charge in [-0.25, -0.2) is 13.6 Å². The number of hydrogen-bond acceptors (Lipinski definition) is 6. The van der Waals surface area contributed by atoms with E-state index < -0.39 is 29.6 Å². The smallest absolute Gasteiger partial charge is 0.330 e. The number of nitrogen functional groups attached to an aromatic ring is 1. The molecule has 44 heavy (non-hydrogen) atoms. The molecule has 228 valence electrons. The summed E-state index contributed by atoms with van der Waals surface area (Å²) in [7, 11) is 1.28. The lowest BCUT2D eigenvalue weighted by Gasteiger charge is -2.34. The van der Waals surface area contributed by atoms with Crippen molar-refractivity contribution in [3.8, 4) is 11.1 Å². The van der Waals surface area contributed by atoms with Crippen molar-refractivity contribution in [3.05, 3.63) is 88.2 Å². The number of benzene rings is 2. The lowest BCUT2D eigenvalue weighted by Crippen LogP contribution is -2.38. The fourth-order valence-corrected chi connectivity index (χ4v) is 5.75. The second kappa shape index (κ2) is 13.0. The van der Waals surface area contributed by atoms with Gasteiger partial charge in [-0.2, -0.15) is 0 Å². The van der Waals surface area contributed by atoms with E-state index in [4.69, 9.17) is 22.1 Å². The van der Waals surface area contributed by atoms with Gasteiger partial charge in [0.1, 0.15) is 5.82 Å². The van der Waals surface area contributed by atoms with Gasteiger partial charge < -0.3 is 20.7 Å². The largest absolute Gasteiger partial charge is 0.466 e. The first kappa shape index (κ1) is 30.9. The number of carbonyl (C=O) groups is 3. The van der Waals surface area contributed by atoms with E-state index in [0.29, 0.717) is 53.0 Å². The van der Waals surface area contributed by atoms with Gasteiger partial charge in [0.2, 0.25) is 11.8 Å². The Balaban J connectivity index is 1.56. The Morgan fingerprint density at radius 3 is 2.73 bits per heavy atom. The predicted molar refractivity (Wildman–Crippen MR) is 165 cm³/mol. The second-order valence-electron chi connectivity index (χ2n) is 10.9. The van der Waals surface area contributed by atoms with Gasteiger partial charge in [-0.05, 0) is 78.4 Å². The Kier molecular flexibility index (Phi) is 9.10. The molecule has 0 aliphatic carbocycles. The molecule has 2 aliphatic rings. The zero-order chi connectivity index (χ0) is 31.5. The quantitative estimate of drug-likeness (QED) is 0.148. The van der Waals surface area contributed by atoms with Gasteiger partial charge in [0.05, 0.1) is 35.1 Å². The van der Waals surface area contributed by atoms with Crippen LogP contribution in [0.1, 0.15) is 55.5 Å². The zero-order valence-electron chi connectivity index (χ0n) is 24.2. The molecular formula is C33H31ClF2N4O4. The molecule has 5 rings (SSSR count). The van der Waals surface area contributed by atoms with Crippen LogP contribution in [0.25, 0.3) is 22.8 Å². The highest BCUT2D eigenvalue weighted by molar-refractivity contribution is 6.31. The summed E-state index contributed by atoms with van der Waals surface area (Å²) in [5.74, 6) is -3.14. The number of fused-ring (bicyclic) bond motifs is 4. The number of methoxy groups -OCH3 is 1. The minimum atomic E-state index is -0.896. The van der Waals surface area contributed by atoms with Crippen LogP contribution in [0.3, 0.4) is 0 Å².